The fraction of sp³-hybridized carbons (Fsp3) is 0.647. The Kier molecular flexibility index (Phi) is 17.8. The molecule has 5 fully saturated rings. The zero-order chi connectivity index (χ0) is 54.0. The number of carbonyl (C=O) groups excluding carboxylic acids is 8. The lowest BCUT2D eigenvalue weighted by atomic mass is 9.82. The number of anilines is 1. The van der Waals surface area contributed by atoms with E-state index in [1.54, 1.807) is 45.2 Å². The minimum Gasteiger partial charge on any atom is -0.495 e. The van der Waals surface area contributed by atoms with Crippen molar-refractivity contribution in [2.75, 3.05) is 45.5 Å². The summed E-state index contributed by atoms with van der Waals surface area (Å²) in [5.74, 6) is -4.12. The molecule has 406 valence electrons. The van der Waals surface area contributed by atoms with Gasteiger partial charge in [0.1, 0.15) is 40.7 Å². The summed E-state index contributed by atoms with van der Waals surface area (Å²) in [6, 6.07) is 2.37. The van der Waals surface area contributed by atoms with Crippen molar-refractivity contribution in [3.63, 3.8) is 0 Å². The van der Waals surface area contributed by atoms with Crippen molar-refractivity contribution in [1.82, 2.24) is 20.2 Å². The number of imide groups is 1. The number of aliphatic hydroxyl groups is 2. The third-order valence-electron chi connectivity index (χ3n) is 15.3. The standard InChI is InChI=1S/C51H68ClN5O16S/c1-27-10-9-11-37(69-8)51(67)25-35(70-49(66)53-51)28(2)45-50(4,72-45)38(24-42(61)55(6)33-21-31(20-27)22-34(68-7)44(33)52)71-47(64)29(3)54(5)39(58)18-19-74-36-23-43(62)56(46(36)63)26-30-12-14-32(15-13-30)48(65)73-57-40(59)16-17-41(57)60/h9-11,21-22,28-30,32,35-38,40,45,59,67H,12-20,23-26H2,1-8H3,(H,53,66)/b11-9+,27-10+/t28-,29+,30?,32?,35+,36-,37-,38+,40?,45+,50+,51+/m1/s1. The van der Waals surface area contributed by atoms with E-state index in [1.807, 2.05) is 13.0 Å². The highest BCUT2D eigenvalue weighted by Gasteiger charge is 2.64. The van der Waals surface area contributed by atoms with Crippen LogP contribution in [0, 0.1) is 17.8 Å². The molecule has 1 unspecified atom stereocenters. The lowest BCUT2D eigenvalue weighted by molar-refractivity contribution is -0.224. The number of hydrogen-bond acceptors (Lipinski definition) is 17. The molecule has 6 aliphatic rings. The Morgan fingerprint density at radius 1 is 1.04 bits per heavy atom. The molecule has 6 amide bonds. The summed E-state index contributed by atoms with van der Waals surface area (Å²) in [4.78, 5) is 115. The van der Waals surface area contributed by atoms with Crippen LogP contribution in [0.15, 0.2) is 35.9 Å². The SMILES string of the molecule is COc1cc2cc(c1Cl)N(C)C(=O)C[C@H](OC(=O)[C@H](C)N(C)C(=O)CCS[C@@H]1CC(=O)N(CC3CCC(C(=O)ON4C(=O)CCC4O)CC3)C1=O)[C@]1(C)O[C@H]1[C@H](C)[C@@H]1C[C@@](O)(NC(=O)O1)[C@H](OC)/C=C/C=C(\C)C2. The summed E-state index contributed by atoms with van der Waals surface area (Å²) < 4.78 is 29.4. The number of alkyl carbamates (subject to hydrolysis) is 1. The van der Waals surface area contributed by atoms with Gasteiger partial charge < -0.3 is 48.5 Å². The Labute approximate surface area is 439 Å². The Hall–Kier alpha value is -5.26. The maximum absolute atomic E-state index is 14.4. The number of thioether (sulfide) groups is 1. The zero-order valence-corrected chi connectivity index (χ0v) is 44.6. The van der Waals surface area contributed by atoms with Gasteiger partial charge in [0.15, 0.2) is 12.0 Å². The molecule has 5 heterocycles. The lowest BCUT2D eigenvalue weighted by Crippen LogP contribution is -2.63. The normalized spacial score (nSPS) is 33.2. The van der Waals surface area contributed by atoms with E-state index in [0.29, 0.717) is 43.5 Å². The van der Waals surface area contributed by atoms with Crippen molar-refractivity contribution in [1.29, 1.82) is 0 Å². The highest BCUT2D eigenvalue weighted by molar-refractivity contribution is 8.00. The van der Waals surface area contributed by atoms with Gasteiger partial charge in [-0.2, -0.15) is 0 Å². The van der Waals surface area contributed by atoms with E-state index in [2.05, 4.69) is 5.32 Å². The van der Waals surface area contributed by atoms with Gasteiger partial charge in [0.05, 0.1) is 36.5 Å². The number of fused-ring (bicyclic) bond motifs is 5. The number of likely N-dealkylation sites (tertiary alicyclic amines) is 1. The smallest absolute Gasteiger partial charge is 0.409 e. The van der Waals surface area contributed by atoms with E-state index in [4.69, 9.17) is 40.1 Å². The van der Waals surface area contributed by atoms with E-state index < -0.39 is 107 Å². The average molecular weight is 1070 g/mol. The Bertz CT molecular complexity index is 2430. The molecule has 23 heteroatoms. The first-order valence-electron chi connectivity index (χ1n) is 25.0. The van der Waals surface area contributed by atoms with Gasteiger partial charge in [-0.25, -0.2) is 14.4 Å². The van der Waals surface area contributed by atoms with E-state index >= 15 is 0 Å². The molecule has 1 aromatic rings. The van der Waals surface area contributed by atoms with Gasteiger partial charge in [0, 0.05) is 71.5 Å². The van der Waals surface area contributed by atoms with E-state index in [-0.39, 0.29) is 67.2 Å². The number of nitrogens with one attached hydrogen (secondary N) is 1. The van der Waals surface area contributed by atoms with Gasteiger partial charge in [-0.1, -0.05) is 42.3 Å². The quantitative estimate of drug-likeness (QED) is 0.143. The summed E-state index contributed by atoms with van der Waals surface area (Å²) >= 11 is 7.99. The molecule has 0 radical (unpaired) electrons. The number of esters is 1. The summed E-state index contributed by atoms with van der Waals surface area (Å²) in [7, 11) is 5.85. The Balaban J connectivity index is 0.985. The Morgan fingerprint density at radius 2 is 1.76 bits per heavy atom. The van der Waals surface area contributed by atoms with Gasteiger partial charge in [-0.05, 0) is 76.5 Å². The summed E-state index contributed by atoms with van der Waals surface area (Å²) in [5, 5.41) is 24.5. The van der Waals surface area contributed by atoms with Gasteiger partial charge >= 0.3 is 18.0 Å². The number of benzene rings is 1. The van der Waals surface area contributed by atoms with Crippen LogP contribution < -0.4 is 15.0 Å². The number of hydrogen-bond donors (Lipinski definition) is 3. The highest BCUT2D eigenvalue weighted by Crippen LogP contribution is 2.49. The molecule has 1 aliphatic carbocycles. The van der Waals surface area contributed by atoms with Crippen LogP contribution in [0.3, 0.4) is 0 Å². The molecule has 0 spiro atoms. The number of hydroxylamine groups is 2. The fourth-order valence-electron chi connectivity index (χ4n) is 10.4. The molecular formula is C51H68ClN5O16S. The number of amides is 6. The summed E-state index contributed by atoms with van der Waals surface area (Å²) in [6.07, 6.45) is 1.31. The van der Waals surface area contributed by atoms with E-state index in [0.717, 1.165) is 16.2 Å². The maximum Gasteiger partial charge on any atom is 0.409 e. The van der Waals surface area contributed by atoms with E-state index in [9.17, 15) is 48.6 Å². The van der Waals surface area contributed by atoms with Gasteiger partial charge in [-0.15, -0.1) is 16.8 Å². The second kappa shape index (κ2) is 23.3. The zero-order valence-electron chi connectivity index (χ0n) is 43.0. The number of nitrogens with zero attached hydrogens (tertiary/aromatic N) is 4. The minimum absolute atomic E-state index is 0.0337. The fourth-order valence-corrected chi connectivity index (χ4v) is 11.8. The predicted molar refractivity (Wildman–Crippen MR) is 267 cm³/mol. The van der Waals surface area contributed by atoms with Crippen molar-refractivity contribution in [3.05, 3.63) is 46.5 Å². The third kappa shape index (κ3) is 12.4. The first-order valence-corrected chi connectivity index (χ1v) is 26.4. The van der Waals surface area contributed by atoms with Crippen LogP contribution in [0.2, 0.25) is 5.02 Å². The summed E-state index contributed by atoms with van der Waals surface area (Å²) in [5.41, 5.74) is -1.22. The van der Waals surface area contributed by atoms with Gasteiger partial charge in [0.25, 0.3) is 5.91 Å². The van der Waals surface area contributed by atoms with Crippen LogP contribution in [0.25, 0.3) is 0 Å². The number of halogens is 1. The number of ether oxygens (including phenoxy) is 5. The molecule has 4 bridgehead atoms. The largest absolute Gasteiger partial charge is 0.495 e. The number of epoxide rings is 1. The molecule has 74 heavy (non-hydrogen) atoms. The van der Waals surface area contributed by atoms with Crippen LogP contribution >= 0.6 is 23.4 Å². The monoisotopic (exact) mass is 1070 g/mol. The molecule has 5 aliphatic heterocycles. The number of likely N-dealkylation sites (N-methyl/N-ethyl adjacent to an activating group) is 1. The van der Waals surface area contributed by atoms with Crippen LogP contribution in [0.4, 0.5) is 10.5 Å². The van der Waals surface area contributed by atoms with Crippen LogP contribution in [0.1, 0.15) is 97.5 Å². The molecule has 10 atom stereocenters. The molecular weight excluding hydrogens is 1010 g/mol. The van der Waals surface area contributed by atoms with Gasteiger partial charge in [0.2, 0.25) is 23.6 Å². The average Bonchev–Trinajstić information content (AvgIpc) is 3.87. The van der Waals surface area contributed by atoms with Crippen LogP contribution in [-0.2, 0) is 63.8 Å². The number of rotatable bonds is 13. The molecule has 7 rings (SSSR count). The predicted octanol–water partition coefficient (Wildman–Crippen LogP) is 3.97. The molecule has 4 saturated heterocycles. The Morgan fingerprint density at radius 3 is 2.42 bits per heavy atom. The number of methoxy groups -OCH3 is 2. The topological polar surface area (TPSA) is 261 Å². The number of carbonyl (C=O) groups is 8. The highest BCUT2D eigenvalue weighted by atomic mass is 35.5. The van der Waals surface area contributed by atoms with Crippen molar-refractivity contribution in [3.8, 4) is 5.75 Å². The van der Waals surface area contributed by atoms with Crippen molar-refractivity contribution < 1.29 is 77.1 Å². The van der Waals surface area contributed by atoms with Crippen LogP contribution in [-0.4, -0.2) is 167 Å². The molecule has 1 saturated carbocycles. The maximum atomic E-state index is 14.4. The molecule has 21 nitrogen and oxygen atoms in total. The second-order valence-corrected chi connectivity index (χ2v) is 22.1. The molecule has 1 aromatic carbocycles. The lowest BCUT2D eigenvalue weighted by Gasteiger charge is -2.42. The summed E-state index contributed by atoms with van der Waals surface area (Å²) in [6.45, 7) is 7.02. The second-order valence-electron chi connectivity index (χ2n) is 20.4. The molecule has 3 N–H and O–H groups in total. The minimum atomic E-state index is -1.89. The van der Waals surface area contributed by atoms with Crippen molar-refractivity contribution in [2.45, 2.75) is 152 Å². The van der Waals surface area contributed by atoms with E-state index in [1.165, 1.54) is 54.7 Å². The first-order chi connectivity index (χ1) is 35.0. The van der Waals surface area contributed by atoms with Gasteiger partial charge in [-0.3, -0.25) is 34.2 Å². The van der Waals surface area contributed by atoms with Crippen molar-refractivity contribution >= 4 is 76.6 Å². The van der Waals surface area contributed by atoms with Crippen molar-refractivity contribution in [2.24, 2.45) is 17.8 Å². The number of aliphatic hydroxyl groups excluding tert-OH is 1. The molecule has 0 aromatic heterocycles. The van der Waals surface area contributed by atoms with Crippen LogP contribution in [0.5, 0.6) is 5.75 Å². The first kappa shape index (κ1) is 56.5. The number of allylic oxidation sites excluding steroid dienone is 3. The third-order valence-corrected chi connectivity index (χ3v) is 16.9.